The van der Waals surface area contributed by atoms with E-state index in [-0.39, 0.29) is 0 Å². The molecule has 5 rings (SSSR count). The van der Waals surface area contributed by atoms with Crippen LogP contribution in [0.25, 0.3) is 27.2 Å². The minimum atomic E-state index is -3.59. The topological polar surface area (TPSA) is 58.9 Å². The van der Waals surface area contributed by atoms with Gasteiger partial charge in [-0.15, -0.1) is 5.11 Å². The summed E-state index contributed by atoms with van der Waals surface area (Å²) < 4.78 is 27.0. The first-order chi connectivity index (χ1) is 12.1. The van der Waals surface area contributed by atoms with Crippen molar-refractivity contribution in [2.24, 2.45) is 9.63 Å². The number of rotatable bonds is 1. The van der Waals surface area contributed by atoms with Crippen LogP contribution in [0.2, 0.25) is 0 Å². The Kier molecular flexibility index (Phi) is 3.09. The van der Waals surface area contributed by atoms with Gasteiger partial charge in [-0.05, 0) is 64.4 Å². The van der Waals surface area contributed by atoms with E-state index < -0.39 is 10.0 Å². The van der Waals surface area contributed by atoms with E-state index in [9.17, 15) is 8.42 Å². The quantitative estimate of drug-likeness (QED) is 0.583. The molecule has 0 saturated heterocycles. The van der Waals surface area contributed by atoms with Crippen molar-refractivity contribution in [1.29, 1.82) is 0 Å². The van der Waals surface area contributed by atoms with Crippen LogP contribution in [0.4, 0.5) is 0 Å². The second-order valence-corrected chi connectivity index (χ2v) is 8.11. The van der Waals surface area contributed by atoms with Crippen LogP contribution < -0.4 is 0 Å². The SMILES string of the molecule is O=S1(=O)C=C(c2cc3ccccc3c3ccc4c(c23)CCCC4)N=N1. The summed E-state index contributed by atoms with van der Waals surface area (Å²) in [5.41, 5.74) is 4.02. The molecule has 124 valence electrons. The number of hydrogen-bond donors (Lipinski definition) is 0. The van der Waals surface area contributed by atoms with Crippen molar-refractivity contribution in [3.8, 4) is 0 Å². The molecule has 0 aromatic heterocycles. The summed E-state index contributed by atoms with van der Waals surface area (Å²) in [5, 5.41) is 9.71. The zero-order valence-electron chi connectivity index (χ0n) is 13.6. The number of fused-ring (bicyclic) bond motifs is 5. The van der Waals surface area contributed by atoms with Crippen molar-refractivity contribution in [3.05, 3.63) is 64.6 Å². The van der Waals surface area contributed by atoms with Gasteiger partial charge in [0.15, 0.2) is 0 Å². The molecule has 1 heterocycles. The average Bonchev–Trinajstić information content (AvgIpc) is 3.00. The van der Waals surface area contributed by atoms with E-state index in [4.69, 9.17) is 0 Å². The molecule has 1 aliphatic carbocycles. The van der Waals surface area contributed by atoms with E-state index in [0.29, 0.717) is 5.70 Å². The van der Waals surface area contributed by atoms with E-state index in [1.165, 1.54) is 28.3 Å². The molecule has 0 N–H and O–H groups in total. The third kappa shape index (κ3) is 2.30. The van der Waals surface area contributed by atoms with Crippen LogP contribution in [0.3, 0.4) is 0 Å². The van der Waals surface area contributed by atoms with Crippen molar-refractivity contribution in [2.75, 3.05) is 0 Å². The molecule has 0 amide bonds. The predicted molar refractivity (Wildman–Crippen MR) is 99.8 cm³/mol. The lowest BCUT2D eigenvalue weighted by Crippen LogP contribution is -2.04. The number of hydrogen-bond acceptors (Lipinski definition) is 3. The van der Waals surface area contributed by atoms with Crippen LogP contribution >= 0.6 is 0 Å². The largest absolute Gasteiger partial charge is 0.295 e. The highest BCUT2D eigenvalue weighted by Crippen LogP contribution is 2.40. The Balaban J connectivity index is 1.96. The Bertz CT molecular complexity index is 1210. The van der Waals surface area contributed by atoms with Crippen LogP contribution in [-0.2, 0) is 22.9 Å². The second-order valence-electron chi connectivity index (χ2n) is 6.68. The molecule has 25 heavy (non-hydrogen) atoms. The molecule has 2 aliphatic rings. The summed E-state index contributed by atoms with van der Waals surface area (Å²) in [7, 11) is -3.59. The molecule has 0 bridgehead atoms. The molecular weight excluding hydrogens is 332 g/mol. The van der Waals surface area contributed by atoms with Crippen LogP contribution in [0.15, 0.2) is 57.5 Å². The Morgan fingerprint density at radius 3 is 2.60 bits per heavy atom. The van der Waals surface area contributed by atoms with Crippen molar-refractivity contribution in [3.63, 3.8) is 0 Å². The summed E-state index contributed by atoms with van der Waals surface area (Å²) in [4.78, 5) is 0. The molecule has 1 aliphatic heterocycles. The zero-order chi connectivity index (χ0) is 17.0. The highest BCUT2D eigenvalue weighted by molar-refractivity contribution is 7.93. The van der Waals surface area contributed by atoms with Crippen molar-refractivity contribution >= 4 is 37.3 Å². The maximum atomic E-state index is 11.8. The normalized spacial score (nSPS) is 18.5. The molecule has 0 fully saturated rings. The van der Waals surface area contributed by atoms with Gasteiger partial charge in [0.2, 0.25) is 0 Å². The molecule has 0 radical (unpaired) electrons. The van der Waals surface area contributed by atoms with Gasteiger partial charge < -0.3 is 0 Å². The lowest BCUT2D eigenvalue weighted by molar-refractivity contribution is 0.605. The molecule has 0 saturated carbocycles. The standard InChI is InChI=1S/C20H16N2O2S/c23-25(24)12-19(21-22-25)18-11-14-6-2-3-7-15(14)17-10-9-13-5-1-4-8-16(13)20(17)18/h2-3,6-7,9-12H,1,4-5,8H2. The van der Waals surface area contributed by atoms with Gasteiger partial charge in [0.1, 0.15) is 5.70 Å². The highest BCUT2D eigenvalue weighted by atomic mass is 32.2. The highest BCUT2D eigenvalue weighted by Gasteiger charge is 2.22. The molecule has 4 nitrogen and oxygen atoms in total. The first-order valence-electron chi connectivity index (χ1n) is 8.49. The van der Waals surface area contributed by atoms with Crippen LogP contribution in [0, 0.1) is 0 Å². The van der Waals surface area contributed by atoms with Crippen LogP contribution in [-0.4, -0.2) is 8.42 Å². The predicted octanol–water partition coefficient (Wildman–Crippen LogP) is 4.97. The molecule has 5 heteroatoms. The minimum Gasteiger partial charge on any atom is -0.198 e. The summed E-state index contributed by atoms with van der Waals surface area (Å²) in [5.74, 6) is 0. The summed E-state index contributed by atoms with van der Waals surface area (Å²) in [6.07, 6.45) is 4.47. The Hall–Kier alpha value is -2.53. The fourth-order valence-electron chi connectivity index (χ4n) is 4.06. The van der Waals surface area contributed by atoms with Gasteiger partial charge >= 0.3 is 0 Å². The molecule has 0 spiro atoms. The van der Waals surface area contributed by atoms with Gasteiger partial charge in [-0.1, -0.05) is 40.9 Å². The van der Waals surface area contributed by atoms with Gasteiger partial charge in [0, 0.05) is 5.56 Å². The number of sulfonamides is 1. The van der Waals surface area contributed by atoms with Gasteiger partial charge in [-0.2, -0.15) is 8.42 Å². The third-order valence-electron chi connectivity index (χ3n) is 5.15. The average molecular weight is 348 g/mol. The first kappa shape index (κ1) is 14.8. The zero-order valence-corrected chi connectivity index (χ0v) is 14.4. The van der Waals surface area contributed by atoms with Crippen molar-refractivity contribution in [2.45, 2.75) is 25.7 Å². The summed E-state index contributed by atoms with van der Waals surface area (Å²) in [6, 6.07) is 14.7. The van der Waals surface area contributed by atoms with Crippen LogP contribution in [0.1, 0.15) is 29.5 Å². The molecule has 0 atom stereocenters. The maximum absolute atomic E-state index is 11.8. The Labute approximate surface area is 145 Å². The van der Waals surface area contributed by atoms with Gasteiger partial charge in [0.25, 0.3) is 10.0 Å². The van der Waals surface area contributed by atoms with E-state index >= 15 is 0 Å². The van der Waals surface area contributed by atoms with E-state index in [1.54, 1.807) is 0 Å². The smallest absolute Gasteiger partial charge is 0.198 e. The number of aryl methyl sites for hydroxylation is 2. The first-order valence-corrected chi connectivity index (χ1v) is 9.99. The monoisotopic (exact) mass is 348 g/mol. The van der Waals surface area contributed by atoms with Crippen LogP contribution in [0.5, 0.6) is 0 Å². The van der Waals surface area contributed by atoms with Crippen molar-refractivity contribution < 1.29 is 8.42 Å². The van der Waals surface area contributed by atoms with Gasteiger partial charge in [-0.3, -0.25) is 0 Å². The second kappa shape index (κ2) is 5.23. The summed E-state index contributed by atoms with van der Waals surface area (Å²) >= 11 is 0. The fourth-order valence-corrected chi connectivity index (χ4v) is 4.77. The molecule has 3 aromatic carbocycles. The molecule has 3 aromatic rings. The maximum Gasteiger partial charge on any atom is 0.295 e. The lowest BCUT2D eigenvalue weighted by Gasteiger charge is -2.21. The van der Waals surface area contributed by atoms with Gasteiger partial charge in [0.05, 0.1) is 5.41 Å². The van der Waals surface area contributed by atoms with Crippen molar-refractivity contribution in [1.82, 2.24) is 0 Å². The molecule has 0 unspecified atom stereocenters. The van der Waals surface area contributed by atoms with E-state index in [1.807, 2.05) is 12.1 Å². The summed E-state index contributed by atoms with van der Waals surface area (Å²) in [6.45, 7) is 0. The van der Waals surface area contributed by atoms with E-state index in [2.05, 4.69) is 40.0 Å². The van der Waals surface area contributed by atoms with Gasteiger partial charge in [-0.25, -0.2) is 0 Å². The van der Waals surface area contributed by atoms with E-state index in [0.717, 1.165) is 41.0 Å². The number of nitrogens with zero attached hydrogens (tertiary/aromatic N) is 2. The fraction of sp³-hybridized carbons (Fsp3) is 0.200. The third-order valence-corrected chi connectivity index (χ3v) is 5.98. The lowest BCUT2D eigenvalue weighted by atomic mass is 9.84. The minimum absolute atomic E-state index is 0.440. The Morgan fingerprint density at radius 1 is 0.920 bits per heavy atom. The molecular formula is C20H16N2O2S. The Morgan fingerprint density at radius 2 is 1.76 bits per heavy atom. The number of benzene rings is 3.